The number of carbonyl (C=O) groups is 1. The molecule has 3 aromatic rings. The molecular weight excluding hydrogens is 534 g/mol. The summed E-state index contributed by atoms with van der Waals surface area (Å²) in [5, 5.41) is 4.11. The fourth-order valence-electron chi connectivity index (χ4n) is 5.07. The minimum Gasteiger partial charge on any atom is -0.496 e. The molecule has 5 rings (SSSR count). The number of fused-ring (bicyclic) bond motifs is 1. The number of amides is 1. The molecule has 7 nitrogen and oxygen atoms in total. The van der Waals surface area contributed by atoms with Crippen LogP contribution in [-0.4, -0.2) is 53.8 Å². The summed E-state index contributed by atoms with van der Waals surface area (Å²) in [6.07, 6.45) is -2.75. The molecule has 12 heteroatoms. The van der Waals surface area contributed by atoms with E-state index in [0.29, 0.717) is 16.3 Å². The Balaban J connectivity index is 1.48. The third-order valence-electron chi connectivity index (χ3n) is 6.81. The summed E-state index contributed by atoms with van der Waals surface area (Å²) < 4.78 is 60.8. The van der Waals surface area contributed by atoms with E-state index in [1.54, 1.807) is 36.7 Å². The lowest BCUT2D eigenvalue weighted by molar-refractivity contribution is -0.136. The summed E-state index contributed by atoms with van der Waals surface area (Å²) in [5.41, 5.74) is 6.36. The second-order valence-corrected chi connectivity index (χ2v) is 10.7. The number of nitrogens with zero attached hydrogens (tertiary/aromatic N) is 4. The van der Waals surface area contributed by atoms with E-state index < -0.39 is 30.5 Å². The van der Waals surface area contributed by atoms with Gasteiger partial charge in [-0.3, -0.25) is 14.8 Å². The fourth-order valence-corrected chi connectivity index (χ4v) is 6.02. The van der Waals surface area contributed by atoms with Crippen molar-refractivity contribution in [3.05, 3.63) is 70.2 Å². The van der Waals surface area contributed by atoms with Crippen molar-refractivity contribution in [2.45, 2.75) is 38.9 Å². The number of halogens is 4. The van der Waals surface area contributed by atoms with Gasteiger partial charge in [-0.2, -0.15) is 13.2 Å². The summed E-state index contributed by atoms with van der Waals surface area (Å²) in [4.78, 5) is 19.7. The molecule has 1 unspecified atom stereocenters. The minimum atomic E-state index is -4.66. The molecular formula is C27H27F4N5O2S. The van der Waals surface area contributed by atoms with Crippen LogP contribution in [-0.2, 0) is 11.2 Å². The zero-order chi connectivity index (χ0) is 28.1. The molecule has 0 saturated heterocycles. The number of hydrogen-bond acceptors (Lipinski definition) is 7. The van der Waals surface area contributed by atoms with Gasteiger partial charge in [-0.1, -0.05) is 12.1 Å². The first-order valence-corrected chi connectivity index (χ1v) is 13.1. The number of rotatable bonds is 5. The number of alkyl halides is 3. The quantitative estimate of drug-likeness (QED) is 0.418. The van der Waals surface area contributed by atoms with Gasteiger partial charge >= 0.3 is 6.18 Å². The molecule has 206 valence electrons. The van der Waals surface area contributed by atoms with Crippen LogP contribution in [0.15, 0.2) is 42.6 Å². The van der Waals surface area contributed by atoms with Gasteiger partial charge in [-0.05, 0) is 51.0 Å². The predicted molar refractivity (Wildman–Crippen MR) is 141 cm³/mol. The number of nitrogens with one attached hydrogen (secondary N) is 1. The second kappa shape index (κ2) is 10.2. The Hall–Kier alpha value is -3.64. The molecule has 0 aliphatic carbocycles. The molecule has 0 radical (unpaired) electrons. The van der Waals surface area contributed by atoms with E-state index in [-0.39, 0.29) is 24.1 Å². The van der Waals surface area contributed by atoms with Gasteiger partial charge in [0, 0.05) is 29.9 Å². The number of hydrogen-bond donors (Lipinski definition) is 1. The lowest BCUT2D eigenvalue weighted by Crippen LogP contribution is -2.53. The molecule has 1 atom stereocenters. The van der Waals surface area contributed by atoms with Crippen LogP contribution in [0.4, 0.5) is 23.2 Å². The number of carbonyl (C=O) groups excluding carboxylic acids is 1. The first-order valence-electron chi connectivity index (χ1n) is 12.3. The maximum atomic E-state index is 14.6. The predicted octanol–water partition coefficient (Wildman–Crippen LogP) is 5.45. The lowest BCUT2D eigenvalue weighted by Gasteiger charge is -2.31. The van der Waals surface area contributed by atoms with E-state index in [2.05, 4.69) is 10.5 Å². The molecule has 2 aromatic carbocycles. The van der Waals surface area contributed by atoms with Gasteiger partial charge in [0.1, 0.15) is 24.2 Å². The van der Waals surface area contributed by atoms with Crippen molar-refractivity contribution in [3.63, 3.8) is 0 Å². The summed E-state index contributed by atoms with van der Waals surface area (Å²) in [6, 6.07) is 8.59. The van der Waals surface area contributed by atoms with Crippen molar-refractivity contribution in [1.82, 2.24) is 20.5 Å². The summed E-state index contributed by atoms with van der Waals surface area (Å²) in [7, 11) is 3.32. The average Bonchev–Trinajstić information content (AvgIpc) is 3.38. The molecule has 2 aliphatic heterocycles. The van der Waals surface area contributed by atoms with Gasteiger partial charge in [0.2, 0.25) is 0 Å². The van der Waals surface area contributed by atoms with Gasteiger partial charge in [-0.15, -0.1) is 16.9 Å². The Labute approximate surface area is 227 Å². The highest BCUT2D eigenvalue weighted by Gasteiger charge is 2.42. The van der Waals surface area contributed by atoms with Gasteiger partial charge in [0.05, 0.1) is 34.1 Å². The Bertz CT molecular complexity index is 1450. The molecule has 2 aliphatic rings. The van der Waals surface area contributed by atoms with Crippen molar-refractivity contribution in [2.75, 3.05) is 25.6 Å². The fraction of sp³-hybridized carbons (Fsp3) is 0.333. The average molecular weight is 562 g/mol. The van der Waals surface area contributed by atoms with Gasteiger partial charge in [-0.25, -0.2) is 9.37 Å². The summed E-state index contributed by atoms with van der Waals surface area (Å²) in [5.74, 6) is -0.756. The topological polar surface area (TPSA) is 60.9 Å². The normalized spacial score (nSPS) is 17.8. The van der Waals surface area contributed by atoms with Crippen LogP contribution in [0.25, 0.3) is 16.1 Å². The van der Waals surface area contributed by atoms with E-state index in [0.717, 1.165) is 26.7 Å². The van der Waals surface area contributed by atoms with Crippen molar-refractivity contribution < 1.29 is 27.1 Å². The molecule has 1 N–H and O–H groups in total. The number of ether oxygens (including phenoxy) is 1. The largest absolute Gasteiger partial charge is 0.496 e. The van der Waals surface area contributed by atoms with Crippen LogP contribution in [0.1, 0.15) is 28.2 Å². The van der Waals surface area contributed by atoms with Crippen molar-refractivity contribution >= 4 is 28.6 Å². The molecule has 3 heterocycles. The Kier molecular flexibility index (Phi) is 7.02. The van der Waals surface area contributed by atoms with E-state index >= 15 is 0 Å². The Morgan fingerprint density at radius 2 is 1.97 bits per heavy atom. The number of hydrazine groups is 2. The van der Waals surface area contributed by atoms with Gasteiger partial charge < -0.3 is 9.64 Å². The van der Waals surface area contributed by atoms with Gasteiger partial charge in [0.15, 0.2) is 0 Å². The van der Waals surface area contributed by atoms with Crippen molar-refractivity contribution in [2.24, 2.45) is 0 Å². The van der Waals surface area contributed by atoms with E-state index in [9.17, 15) is 22.4 Å². The minimum absolute atomic E-state index is 0.0505. The van der Waals surface area contributed by atoms with Crippen LogP contribution in [0, 0.1) is 19.7 Å². The van der Waals surface area contributed by atoms with Crippen LogP contribution >= 0.6 is 11.3 Å². The maximum absolute atomic E-state index is 14.6. The third-order valence-corrected chi connectivity index (χ3v) is 7.92. The first kappa shape index (κ1) is 26.9. The molecule has 39 heavy (non-hydrogen) atoms. The van der Waals surface area contributed by atoms with Crippen molar-refractivity contribution in [3.8, 4) is 16.2 Å². The van der Waals surface area contributed by atoms with Crippen molar-refractivity contribution in [1.29, 1.82) is 0 Å². The first-order chi connectivity index (χ1) is 18.5. The monoisotopic (exact) mass is 561 g/mol. The number of methoxy groups -OCH3 is 1. The van der Waals surface area contributed by atoms with Crippen LogP contribution < -0.4 is 15.2 Å². The standard InChI is InChI=1S/C27H27F4N5O2S/c1-15-25(39-16(2)32-15)19-9-8-17(12-24(19)38-4)23-13-36(33-34(23)3)22-11-10-18-20(28)6-5-7-21(18)35(26(22)37)14-27(29,30)31/h5-9,12-13,22,33H,10-11,14H2,1-4H3. The second-order valence-electron chi connectivity index (χ2n) is 9.47. The Morgan fingerprint density at radius 3 is 2.64 bits per heavy atom. The summed E-state index contributed by atoms with van der Waals surface area (Å²) >= 11 is 1.57. The molecule has 1 aromatic heterocycles. The zero-order valence-corrected chi connectivity index (χ0v) is 22.6. The van der Waals surface area contributed by atoms with E-state index in [1.807, 2.05) is 32.0 Å². The molecule has 0 saturated carbocycles. The maximum Gasteiger partial charge on any atom is 0.406 e. The molecule has 0 spiro atoms. The van der Waals surface area contributed by atoms with Gasteiger partial charge in [0.25, 0.3) is 5.91 Å². The van der Waals surface area contributed by atoms with E-state index in [1.165, 1.54) is 23.2 Å². The number of thiazole rings is 1. The van der Waals surface area contributed by atoms with Crippen LogP contribution in [0.5, 0.6) is 5.75 Å². The highest BCUT2D eigenvalue weighted by atomic mass is 32.1. The number of anilines is 1. The van der Waals surface area contributed by atoms with Crippen LogP contribution in [0.3, 0.4) is 0 Å². The van der Waals surface area contributed by atoms with E-state index in [4.69, 9.17) is 4.74 Å². The lowest BCUT2D eigenvalue weighted by atomic mass is 10.0. The molecule has 1 amide bonds. The van der Waals surface area contributed by atoms with Crippen LogP contribution in [0.2, 0.25) is 0 Å². The highest BCUT2D eigenvalue weighted by Crippen LogP contribution is 2.39. The molecule has 0 bridgehead atoms. The Morgan fingerprint density at radius 1 is 1.21 bits per heavy atom. The summed E-state index contributed by atoms with van der Waals surface area (Å²) in [6.45, 7) is 2.38. The number of aryl methyl sites for hydroxylation is 2. The number of benzene rings is 2. The zero-order valence-electron chi connectivity index (χ0n) is 21.8. The number of aromatic nitrogens is 1. The third kappa shape index (κ3) is 5.18. The smallest absolute Gasteiger partial charge is 0.406 e. The molecule has 0 fully saturated rings. The SMILES string of the molecule is COc1cc(C2=CN(C3CCc4c(F)cccc4N(CC(F)(F)F)C3=O)NN2C)ccc1-c1sc(C)nc1C. The highest BCUT2D eigenvalue weighted by molar-refractivity contribution is 7.15.